The molecule has 0 saturated carbocycles. The minimum atomic E-state index is -4.75. The lowest BCUT2D eigenvalue weighted by atomic mass is 10.2. The van der Waals surface area contributed by atoms with Crippen LogP contribution in [0.1, 0.15) is 12.5 Å². The van der Waals surface area contributed by atoms with Crippen LogP contribution in [0.2, 0.25) is 0 Å². The van der Waals surface area contributed by atoms with Gasteiger partial charge in [0.25, 0.3) is 0 Å². The number of anilines is 1. The van der Waals surface area contributed by atoms with Crippen molar-refractivity contribution in [3.05, 3.63) is 47.8 Å². The second kappa shape index (κ2) is 9.08. The summed E-state index contributed by atoms with van der Waals surface area (Å²) >= 11 is 0. The zero-order chi connectivity index (χ0) is 23.5. The normalized spacial score (nSPS) is 11.3. The van der Waals surface area contributed by atoms with Crippen LogP contribution in [0.5, 0.6) is 11.5 Å². The van der Waals surface area contributed by atoms with Crippen LogP contribution in [0.15, 0.2) is 30.6 Å². The number of fused-ring (bicyclic) bond motifs is 1. The van der Waals surface area contributed by atoms with Crippen molar-refractivity contribution in [1.82, 2.24) is 20.6 Å². The standard InChI is InChI=1S/C19H16F5N5O3/c1-9(30)25-4-5-27-18(31)29-10-6-12(20)16(13(21)7-10)32-14-2-3-26-17-15(14)11(8-28-17)19(22,23)24/h2-3,6-8H,4-5H2,1H3,(H,25,30)(H,26,28)(H2,27,29,31). The number of H-pyrrole nitrogens is 1. The number of ether oxygens (including phenoxy) is 1. The first-order chi connectivity index (χ1) is 15.1. The van der Waals surface area contributed by atoms with Gasteiger partial charge in [-0.15, -0.1) is 0 Å². The van der Waals surface area contributed by atoms with Crippen molar-refractivity contribution in [2.24, 2.45) is 0 Å². The van der Waals surface area contributed by atoms with Gasteiger partial charge < -0.3 is 25.7 Å². The number of pyridine rings is 1. The molecule has 0 fully saturated rings. The highest BCUT2D eigenvalue weighted by atomic mass is 19.4. The van der Waals surface area contributed by atoms with E-state index in [0.717, 1.165) is 24.4 Å². The lowest BCUT2D eigenvalue weighted by Crippen LogP contribution is -2.36. The monoisotopic (exact) mass is 457 g/mol. The number of urea groups is 1. The summed E-state index contributed by atoms with van der Waals surface area (Å²) in [5.74, 6) is -4.22. The predicted molar refractivity (Wildman–Crippen MR) is 103 cm³/mol. The number of rotatable bonds is 6. The Hall–Kier alpha value is -3.90. The van der Waals surface area contributed by atoms with Crippen molar-refractivity contribution in [3.8, 4) is 11.5 Å². The van der Waals surface area contributed by atoms with Gasteiger partial charge in [-0.2, -0.15) is 13.2 Å². The van der Waals surface area contributed by atoms with Crippen molar-refractivity contribution < 1.29 is 36.3 Å². The predicted octanol–water partition coefficient (Wildman–Crippen LogP) is 3.91. The number of alkyl halides is 3. The Balaban J connectivity index is 1.79. The molecule has 3 rings (SSSR count). The van der Waals surface area contributed by atoms with Crippen molar-refractivity contribution in [3.63, 3.8) is 0 Å². The Labute approximate surface area is 177 Å². The summed E-state index contributed by atoms with van der Waals surface area (Å²) in [5, 5.41) is 6.51. The number of carbonyl (C=O) groups is 2. The molecule has 0 unspecified atom stereocenters. The molecule has 0 aliphatic heterocycles. The van der Waals surface area contributed by atoms with E-state index in [1.807, 2.05) is 0 Å². The molecule has 0 saturated heterocycles. The molecule has 3 amide bonds. The van der Waals surface area contributed by atoms with Crippen LogP contribution in [-0.4, -0.2) is 35.0 Å². The molecule has 0 radical (unpaired) electrons. The second-order valence-electron chi connectivity index (χ2n) is 6.47. The minimum Gasteiger partial charge on any atom is -0.450 e. The molecular formula is C19H16F5N5O3. The smallest absolute Gasteiger partial charge is 0.418 e. The van der Waals surface area contributed by atoms with E-state index in [1.54, 1.807) is 0 Å². The Morgan fingerprint density at radius 1 is 1.12 bits per heavy atom. The number of benzene rings is 1. The SMILES string of the molecule is CC(=O)NCCNC(=O)Nc1cc(F)c(Oc2ccnc3[nH]cc(C(F)(F)F)c23)c(F)c1. The number of hydrogen-bond acceptors (Lipinski definition) is 4. The van der Waals surface area contributed by atoms with Crippen LogP contribution in [0, 0.1) is 11.6 Å². The van der Waals surface area contributed by atoms with Crippen molar-refractivity contribution in [1.29, 1.82) is 0 Å². The third-order valence-corrected chi connectivity index (χ3v) is 4.09. The van der Waals surface area contributed by atoms with Gasteiger partial charge in [-0.25, -0.2) is 18.6 Å². The fourth-order valence-corrected chi connectivity index (χ4v) is 2.76. The quantitative estimate of drug-likeness (QED) is 0.333. The summed E-state index contributed by atoms with van der Waals surface area (Å²) in [4.78, 5) is 28.6. The second-order valence-corrected chi connectivity index (χ2v) is 6.47. The number of carbonyl (C=O) groups excluding carboxylic acids is 2. The van der Waals surface area contributed by atoms with Gasteiger partial charge in [0.2, 0.25) is 5.91 Å². The maximum absolute atomic E-state index is 14.5. The first-order valence-electron chi connectivity index (χ1n) is 9.05. The lowest BCUT2D eigenvalue weighted by Gasteiger charge is -2.13. The molecule has 32 heavy (non-hydrogen) atoms. The van der Waals surface area contributed by atoms with E-state index in [1.165, 1.54) is 6.92 Å². The van der Waals surface area contributed by atoms with E-state index >= 15 is 0 Å². The third kappa shape index (κ3) is 5.22. The molecule has 0 aliphatic rings. The number of aromatic nitrogens is 2. The van der Waals surface area contributed by atoms with Gasteiger partial charge in [0.1, 0.15) is 11.4 Å². The molecule has 2 aromatic heterocycles. The Kier molecular flexibility index (Phi) is 6.46. The van der Waals surface area contributed by atoms with Gasteiger partial charge in [-0.1, -0.05) is 0 Å². The molecule has 2 heterocycles. The van der Waals surface area contributed by atoms with Gasteiger partial charge in [0, 0.05) is 50.2 Å². The molecule has 0 spiro atoms. The average Bonchev–Trinajstić information content (AvgIpc) is 3.13. The van der Waals surface area contributed by atoms with Gasteiger partial charge in [-0.05, 0) is 6.07 Å². The molecule has 13 heteroatoms. The van der Waals surface area contributed by atoms with E-state index in [0.29, 0.717) is 6.20 Å². The lowest BCUT2D eigenvalue weighted by molar-refractivity contribution is -0.136. The first kappa shape index (κ1) is 22.8. The molecule has 3 aromatic rings. The van der Waals surface area contributed by atoms with Crippen molar-refractivity contribution in [2.45, 2.75) is 13.1 Å². The van der Waals surface area contributed by atoms with Gasteiger partial charge >= 0.3 is 12.2 Å². The van der Waals surface area contributed by atoms with E-state index in [-0.39, 0.29) is 30.3 Å². The molecule has 170 valence electrons. The highest BCUT2D eigenvalue weighted by Gasteiger charge is 2.35. The first-order valence-corrected chi connectivity index (χ1v) is 9.05. The summed E-state index contributed by atoms with van der Waals surface area (Å²) in [5.41, 5.74) is -1.54. The van der Waals surface area contributed by atoms with Gasteiger partial charge in [0.15, 0.2) is 17.4 Å². The number of hydrogen-bond donors (Lipinski definition) is 4. The van der Waals surface area contributed by atoms with Gasteiger partial charge in [-0.3, -0.25) is 4.79 Å². The summed E-state index contributed by atoms with van der Waals surface area (Å²) < 4.78 is 73.8. The Bertz CT molecular complexity index is 1140. The van der Waals surface area contributed by atoms with Crippen molar-refractivity contribution in [2.75, 3.05) is 18.4 Å². The van der Waals surface area contributed by atoms with Crippen molar-refractivity contribution >= 4 is 28.7 Å². The molecular weight excluding hydrogens is 441 g/mol. The molecule has 1 aromatic carbocycles. The summed E-state index contributed by atoms with van der Waals surface area (Å²) in [6, 6.07) is 1.73. The topological polar surface area (TPSA) is 108 Å². The number of nitrogens with one attached hydrogen (secondary N) is 4. The fourth-order valence-electron chi connectivity index (χ4n) is 2.76. The zero-order valence-electron chi connectivity index (χ0n) is 16.4. The molecule has 0 aliphatic carbocycles. The van der Waals surface area contributed by atoms with Crippen LogP contribution in [0.4, 0.5) is 32.4 Å². The number of nitrogens with zero attached hydrogens (tertiary/aromatic N) is 1. The Morgan fingerprint density at radius 2 is 1.78 bits per heavy atom. The largest absolute Gasteiger partial charge is 0.450 e. The average molecular weight is 457 g/mol. The summed E-state index contributed by atoms with van der Waals surface area (Å²) in [6.45, 7) is 1.51. The van der Waals surface area contributed by atoms with E-state index in [2.05, 4.69) is 25.9 Å². The highest BCUT2D eigenvalue weighted by molar-refractivity contribution is 5.89. The maximum Gasteiger partial charge on any atom is 0.418 e. The molecule has 4 N–H and O–H groups in total. The number of aromatic amines is 1. The number of halogens is 5. The maximum atomic E-state index is 14.5. The minimum absolute atomic E-state index is 0.0633. The van der Waals surface area contributed by atoms with E-state index in [4.69, 9.17) is 4.74 Å². The molecule has 8 nitrogen and oxygen atoms in total. The summed E-state index contributed by atoms with van der Waals surface area (Å²) in [6.07, 6.45) is -2.96. The van der Waals surface area contributed by atoms with Gasteiger partial charge in [0.05, 0.1) is 10.9 Å². The van der Waals surface area contributed by atoms with E-state index < -0.39 is 46.3 Å². The highest BCUT2D eigenvalue weighted by Crippen LogP contribution is 2.40. The Morgan fingerprint density at radius 3 is 2.41 bits per heavy atom. The fraction of sp³-hybridized carbons (Fsp3) is 0.211. The van der Waals surface area contributed by atoms with E-state index in [9.17, 15) is 31.5 Å². The molecule has 0 bridgehead atoms. The molecule has 0 atom stereocenters. The van der Waals surface area contributed by atoms with Crippen LogP contribution < -0.4 is 20.7 Å². The van der Waals surface area contributed by atoms with Crippen LogP contribution >= 0.6 is 0 Å². The zero-order valence-corrected chi connectivity index (χ0v) is 16.4. The van der Waals surface area contributed by atoms with Crippen LogP contribution in [-0.2, 0) is 11.0 Å². The number of amides is 3. The summed E-state index contributed by atoms with van der Waals surface area (Å²) in [7, 11) is 0. The third-order valence-electron chi connectivity index (χ3n) is 4.09. The van der Waals surface area contributed by atoms with Crippen LogP contribution in [0.25, 0.3) is 11.0 Å². The van der Waals surface area contributed by atoms with Crippen LogP contribution in [0.3, 0.4) is 0 Å².